The van der Waals surface area contributed by atoms with Crippen LogP contribution in [0.25, 0.3) is 6.08 Å². The van der Waals surface area contributed by atoms with E-state index >= 15 is 0 Å². The number of benzene rings is 1. The molecule has 0 atom stereocenters. The second kappa shape index (κ2) is 5.14. The van der Waals surface area contributed by atoms with Crippen molar-refractivity contribution in [3.8, 4) is 5.75 Å². The molecule has 0 bridgehead atoms. The SMILES string of the molecule is CC(=O)N1C(=S)NC(=O)/C1=C/C1=Cc2ccccc2OC1. The lowest BCUT2D eigenvalue weighted by Crippen LogP contribution is -2.31. The van der Waals surface area contributed by atoms with E-state index < -0.39 is 0 Å². The summed E-state index contributed by atoms with van der Waals surface area (Å²) in [5.74, 6) is 0.117. The first-order valence-corrected chi connectivity index (χ1v) is 6.77. The largest absolute Gasteiger partial charge is 0.488 e. The van der Waals surface area contributed by atoms with Crippen molar-refractivity contribution < 1.29 is 14.3 Å². The van der Waals surface area contributed by atoms with Crippen molar-refractivity contribution in [1.82, 2.24) is 10.2 Å². The Kier molecular flexibility index (Phi) is 3.31. The minimum Gasteiger partial charge on any atom is -0.488 e. The lowest BCUT2D eigenvalue weighted by Gasteiger charge is -2.17. The molecular formula is C15H12N2O3S. The lowest BCUT2D eigenvalue weighted by atomic mass is 10.1. The number of para-hydroxylation sites is 1. The van der Waals surface area contributed by atoms with Gasteiger partial charge in [-0.25, -0.2) is 0 Å². The monoisotopic (exact) mass is 300 g/mol. The summed E-state index contributed by atoms with van der Waals surface area (Å²) in [6.45, 7) is 1.70. The van der Waals surface area contributed by atoms with E-state index in [4.69, 9.17) is 17.0 Å². The lowest BCUT2D eigenvalue weighted by molar-refractivity contribution is -0.125. The fourth-order valence-corrected chi connectivity index (χ4v) is 2.58. The number of amides is 2. The molecule has 0 unspecified atom stereocenters. The number of carbonyl (C=O) groups is 2. The topological polar surface area (TPSA) is 58.6 Å². The number of hydrogen-bond acceptors (Lipinski definition) is 4. The Bertz CT molecular complexity index is 721. The molecule has 0 aliphatic carbocycles. The predicted molar refractivity (Wildman–Crippen MR) is 81.3 cm³/mol. The van der Waals surface area contributed by atoms with Gasteiger partial charge in [0.25, 0.3) is 5.91 Å². The summed E-state index contributed by atoms with van der Waals surface area (Å²) in [6.07, 6.45) is 3.56. The summed E-state index contributed by atoms with van der Waals surface area (Å²) in [7, 11) is 0. The third kappa shape index (κ3) is 2.45. The third-order valence-corrected chi connectivity index (χ3v) is 3.47. The van der Waals surface area contributed by atoms with E-state index in [1.54, 1.807) is 6.08 Å². The minimum absolute atomic E-state index is 0.108. The normalized spacial score (nSPS) is 19.0. The Labute approximate surface area is 126 Å². The van der Waals surface area contributed by atoms with E-state index in [-0.39, 0.29) is 22.6 Å². The van der Waals surface area contributed by atoms with Crippen molar-refractivity contribution in [2.75, 3.05) is 6.61 Å². The molecule has 3 rings (SSSR count). The second-order valence-corrected chi connectivity index (χ2v) is 5.08. The zero-order chi connectivity index (χ0) is 15.0. The van der Waals surface area contributed by atoms with Gasteiger partial charge in [0.05, 0.1) is 0 Å². The van der Waals surface area contributed by atoms with Crippen LogP contribution in [0, 0.1) is 0 Å². The van der Waals surface area contributed by atoms with Crippen molar-refractivity contribution >= 4 is 35.2 Å². The maximum Gasteiger partial charge on any atom is 0.274 e. The van der Waals surface area contributed by atoms with E-state index in [1.807, 2.05) is 30.3 Å². The van der Waals surface area contributed by atoms with Crippen LogP contribution in [0.2, 0.25) is 0 Å². The summed E-state index contributed by atoms with van der Waals surface area (Å²) in [5.41, 5.74) is 1.96. The fourth-order valence-electron chi connectivity index (χ4n) is 2.26. The summed E-state index contributed by atoms with van der Waals surface area (Å²) in [6, 6.07) is 7.62. The molecule has 5 nitrogen and oxygen atoms in total. The van der Waals surface area contributed by atoms with Gasteiger partial charge < -0.3 is 4.74 Å². The maximum absolute atomic E-state index is 11.9. The molecule has 1 N–H and O–H groups in total. The van der Waals surface area contributed by atoms with E-state index in [0.29, 0.717) is 6.61 Å². The molecule has 0 radical (unpaired) electrons. The first-order chi connectivity index (χ1) is 10.1. The molecule has 0 aromatic heterocycles. The van der Waals surface area contributed by atoms with Gasteiger partial charge in [0, 0.05) is 12.5 Å². The van der Waals surface area contributed by atoms with Crippen LogP contribution in [0.1, 0.15) is 12.5 Å². The molecule has 106 valence electrons. The molecule has 1 fully saturated rings. The number of ether oxygens (including phenoxy) is 1. The van der Waals surface area contributed by atoms with Gasteiger partial charge in [-0.2, -0.15) is 0 Å². The molecule has 1 aromatic rings. The first-order valence-electron chi connectivity index (χ1n) is 6.36. The number of nitrogens with zero attached hydrogens (tertiary/aromatic N) is 1. The molecule has 2 aliphatic heterocycles. The number of carbonyl (C=O) groups excluding carboxylic acids is 2. The minimum atomic E-state index is -0.380. The highest BCUT2D eigenvalue weighted by Gasteiger charge is 2.33. The van der Waals surface area contributed by atoms with Gasteiger partial charge >= 0.3 is 0 Å². The van der Waals surface area contributed by atoms with E-state index in [9.17, 15) is 9.59 Å². The van der Waals surface area contributed by atoms with Gasteiger partial charge in [-0.3, -0.25) is 19.8 Å². The predicted octanol–water partition coefficient (Wildman–Crippen LogP) is 1.61. The quantitative estimate of drug-likeness (QED) is 0.632. The Morgan fingerprint density at radius 1 is 1.43 bits per heavy atom. The second-order valence-electron chi connectivity index (χ2n) is 4.69. The Hall–Kier alpha value is -2.47. The summed E-state index contributed by atoms with van der Waals surface area (Å²) >= 11 is 4.98. The van der Waals surface area contributed by atoms with Crippen molar-refractivity contribution in [3.63, 3.8) is 0 Å². The highest BCUT2D eigenvalue weighted by Crippen LogP contribution is 2.27. The van der Waals surface area contributed by atoms with E-state index in [1.165, 1.54) is 11.8 Å². The van der Waals surface area contributed by atoms with Crippen LogP contribution in [0.15, 0.2) is 41.6 Å². The molecule has 0 spiro atoms. The van der Waals surface area contributed by atoms with Crippen LogP contribution in [-0.4, -0.2) is 28.4 Å². The Balaban J connectivity index is 1.98. The number of nitrogens with one attached hydrogen (secondary N) is 1. The summed E-state index contributed by atoms with van der Waals surface area (Å²) in [4.78, 5) is 24.7. The molecule has 2 aliphatic rings. The molecule has 1 aromatic carbocycles. The number of thiocarbonyl (C=S) groups is 1. The van der Waals surface area contributed by atoms with Crippen LogP contribution in [0.3, 0.4) is 0 Å². The average Bonchev–Trinajstić information content (AvgIpc) is 2.73. The Morgan fingerprint density at radius 3 is 2.95 bits per heavy atom. The molecule has 6 heteroatoms. The zero-order valence-electron chi connectivity index (χ0n) is 11.3. The van der Waals surface area contributed by atoms with Crippen LogP contribution in [-0.2, 0) is 9.59 Å². The van der Waals surface area contributed by atoms with Gasteiger partial charge in [0.15, 0.2) is 5.11 Å². The summed E-state index contributed by atoms with van der Waals surface area (Å²) in [5, 5.41) is 2.58. The number of hydrogen-bond donors (Lipinski definition) is 1. The molecule has 0 saturated carbocycles. The fraction of sp³-hybridized carbons (Fsp3) is 0.133. The Morgan fingerprint density at radius 2 is 2.19 bits per heavy atom. The molecule has 21 heavy (non-hydrogen) atoms. The van der Waals surface area contributed by atoms with Gasteiger partial charge in [0.1, 0.15) is 18.1 Å². The van der Waals surface area contributed by atoms with Gasteiger partial charge in [-0.05, 0) is 36.0 Å². The van der Waals surface area contributed by atoms with E-state index in [0.717, 1.165) is 16.9 Å². The van der Waals surface area contributed by atoms with Gasteiger partial charge in [0.2, 0.25) is 5.91 Å². The van der Waals surface area contributed by atoms with E-state index in [2.05, 4.69) is 5.32 Å². The highest BCUT2D eigenvalue weighted by molar-refractivity contribution is 7.80. The highest BCUT2D eigenvalue weighted by atomic mass is 32.1. The molecule has 2 amide bonds. The first kappa shape index (κ1) is 13.5. The van der Waals surface area contributed by atoms with Crippen molar-refractivity contribution in [2.45, 2.75) is 6.92 Å². The summed E-state index contributed by atoms with van der Waals surface area (Å²) < 4.78 is 5.62. The average molecular weight is 300 g/mol. The van der Waals surface area contributed by atoms with Crippen LogP contribution in [0.5, 0.6) is 5.75 Å². The third-order valence-electron chi connectivity index (χ3n) is 3.19. The molecular weight excluding hydrogens is 288 g/mol. The zero-order valence-corrected chi connectivity index (χ0v) is 12.1. The molecule has 1 saturated heterocycles. The standard InChI is InChI=1S/C15H12N2O3S/c1-9(18)17-12(14(19)16-15(17)21)7-10-6-11-4-2-3-5-13(11)20-8-10/h2-7H,8H2,1H3,(H,16,19,21)/b12-7-. The molecule has 2 heterocycles. The van der Waals surface area contributed by atoms with Crippen molar-refractivity contribution in [1.29, 1.82) is 0 Å². The van der Waals surface area contributed by atoms with Crippen molar-refractivity contribution in [3.05, 3.63) is 47.2 Å². The van der Waals surface area contributed by atoms with Crippen LogP contribution < -0.4 is 10.1 Å². The maximum atomic E-state index is 11.9. The van der Waals surface area contributed by atoms with Crippen molar-refractivity contribution in [2.24, 2.45) is 0 Å². The number of fused-ring (bicyclic) bond motifs is 1. The van der Waals surface area contributed by atoms with Gasteiger partial charge in [-0.1, -0.05) is 18.2 Å². The number of rotatable bonds is 1. The smallest absolute Gasteiger partial charge is 0.274 e. The van der Waals surface area contributed by atoms with Crippen LogP contribution in [0.4, 0.5) is 0 Å². The van der Waals surface area contributed by atoms with Crippen LogP contribution >= 0.6 is 12.2 Å². The van der Waals surface area contributed by atoms with Gasteiger partial charge in [-0.15, -0.1) is 0 Å².